The third-order valence-corrected chi connectivity index (χ3v) is 8.79. The van der Waals surface area contributed by atoms with Crippen LogP contribution in [0, 0.1) is 5.92 Å². The van der Waals surface area contributed by atoms with Crippen LogP contribution in [0.5, 0.6) is 0 Å². The number of nitrogens with one attached hydrogen (secondary N) is 1. The predicted octanol–water partition coefficient (Wildman–Crippen LogP) is 2.82. The van der Waals surface area contributed by atoms with Crippen LogP contribution in [0.25, 0.3) is 0 Å². The van der Waals surface area contributed by atoms with Crippen molar-refractivity contribution in [3.8, 4) is 0 Å². The molecule has 3 heterocycles. The molecule has 5 rings (SSSR count). The first-order chi connectivity index (χ1) is 19.0. The molecule has 1 fully saturated rings. The van der Waals surface area contributed by atoms with E-state index in [4.69, 9.17) is 16.7 Å². The minimum absolute atomic E-state index is 0.205. The minimum Gasteiger partial charge on any atom is -0.465 e. The van der Waals surface area contributed by atoms with Crippen LogP contribution in [0.2, 0.25) is 5.02 Å². The van der Waals surface area contributed by atoms with E-state index in [9.17, 15) is 28.2 Å². The van der Waals surface area contributed by atoms with Crippen molar-refractivity contribution >= 4 is 50.9 Å². The van der Waals surface area contributed by atoms with Crippen LogP contribution >= 0.6 is 22.9 Å². The lowest BCUT2D eigenvalue weighted by Gasteiger charge is -2.35. The molecule has 0 saturated heterocycles. The molecule has 2 aliphatic rings. The smallest absolute Gasteiger partial charge is 0.408 e. The van der Waals surface area contributed by atoms with Gasteiger partial charge in [0.25, 0.3) is 0 Å². The normalized spacial score (nSPS) is 22.6. The molecule has 4 atom stereocenters. The number of carbonyl (C=O) groups excluding carboxylic acids is 1. The van der Waals surface area contributed by atoms with Gasteiger partial charge in [-0.1, -0.05) is 17.7 Å². The van der Waals surface area contributed by atoms with Crippen molar-refractivity contribution in [1.29, 1.82) is 0 Å². The van der Waals surface area contributed by atoms with E-state index in [1.807, 2.05) is 6.07 Å². The zero-order chi connectivity index (χ0) is 28.6. The molecule has 15 heteroatoms. The van der Waals surface area contributed by atoms with Crippen molar-refractivity contribution in [3.63, 3.8) is 0 Å². The van der Waals surface area contributed by atoms with Crippen LogP contribution in [0.15, 0.2) is 42.2 Å². The summed E-state index contributed by atoms with van der Waals surface area (Å²) in [5.74, 6) is -0.557. The van der Waals surface area contributed by atoms with Crippen molar-refractivity contribution < 1.29 is 32.4 Å². The molecule has 1 aliphatic heterocycles. The SMILES string of the molecule is NS(=O)(=O)OC[C@H]1C[C@@H](Nc2ncncc2C(=O)c2cc([C@H]3c4cc(Cl)ccc4CCN3C(=O)O)cs2)C[C@@H]1O. The predicted molar refractivity (Wildman–Crippen MR) is 147 cm³/mol. The number of aromatic nitrogens is 2. The zero-order valence-corrected chi connectivity index (χ0v) is 23.3. The summed E-state index contributed by atoms with van der Waals surface area (Å²) in [5.41, 5.74) is 2.64. The molecule has 0 radical (unpaired) electrons. The van der Waals surface area contributed by atoms with Gasteiger partial charge in [-0.25, -0.2) is 19.9 Å². The van der Waals surface area contributed by atoms with E-state index in [1.165, 1.54) is 28.8 Å². The van der Waals surface area contributed by atoms with E-state index in [0.717, 1.165) is 11.1 Å². The molecular weight excluding hydrogens is 582 g/mol. The molecule has 5 N–H and O–H groups in total. The first-order valence-corrected chi connectivity index (χ1v) is 15.1. The molecule has 0 unspecified atom stereocenters. The Bertz CT molecular complexity index is 1550. The van der Waals surface area contributed by atoms with Crippen LogP contribution in [0.3, 0.4) is 0 Å². The van der Waals surface area contributed by atoms with Gasteiger partial charge in [-0.2, -0.15) is 8.42 Å². The second-order valence-electron chi connectivity index (χ2n) is 9.75. The maximum absolute atomic E-state index is 13.6. The molecule has 212 valence electrons. The number of nitrogens with zero attached hydrogens (tertiary/aromatic N) is 3. The zero-order valence-electron chi connectivity index (χ0n) is 20.9. The topological polar surface area (TPSA) is 185 Å². The third kappa shape index (κ3) is 6.11. The summed E-state index contributed by atoms with van der Waals surface area (Å²) < 4.78 is 26.9. The van der Waals surface area contributed by atoms with Gasteiger partial charge in [0.05, 0.1) is 29.2 Å². The summed E-state index contributed by atoms with van der Waals surface area (Å²) >= 11 is 7.43. The van der Waals surface area contributed by atoms with E-state index < -0.39 is 34.5 Å². The molecule has 1 aromatic carbocycles. The molecule has 12 nitrogen and oxygen atoms in total. The number of rotatable bonds is 8. The number of aliphatic hydroxyl groups excluding tert-OH is 1. The fraction of sp³-hybridized carbons (Fsp3) is 0.360. The Balaban J connectivity index is 1.37. The molecule has 0 bridgehead atoms. The highest BCUT2D eigenvalue weighted by atomic mass is 35.5. The van der Waals surface area contributed by atoms with Gasteiger partial charge >= 0.3 is 16.4 Å². The number of nitrogens with two attached hydrogens (primary N) is 1. The number of carboxylic acid groups (broad SMARTS) is 1. The molecular formula is C25H26ClN5O7S2. The van der Waals surface area contributed by atoms with Crippen LogP contribution in [-0.4, -0.2) is 70.7 Å². The van der Waals surface area contributed by atoms with Gasteiger partial charge in [-0.05, 0) is 59.5 Å². The highest BCUT2D eigenvalue weighted by Crippen LogP contribution is 2.39. The Labute approximate surface area is 239 Å². The number of thiophene rings is 1. The van der Waals surface area contributed by atoms with Gasteiger partial charge in [0.15, 0.2) is 0 Å². The first-order valence-electron chi connectivity index (χ1n) is 12.3. The number of amides is 1. The summed E-state index contributed by atoms with van der Waals surface area (Å²) in [6.07, 6.45) is 2.00. The molecule has 2 aromatic heterocycles. The van der Waals surface area contributed by atoms with E-state index in [2.05, 4.69) is 19.5 Å². The number of fused-ring (bicyclic) bond motifs is 1. The Kier molecular flexibility index (Phi) is 8.08. The number of hydrogen-bond donors (Lipinski definition) is 4. The van der Waals surface area contributed by atoms with Crippen LogP contribution in [-0.2, 0) is 20.9 Å². The van der Waals surface area contributed by atoms with Gasteiger partial charge in [-0.3, -0.25) is 13.9 Å². The van der Waals surface area contributed by atoms with Gasteiger partial charge in [0, 0.05) is 29.7 Å². The Hall–Kier alpha value is -3.14. The van der Waals surface area contributed by atoms with Gasteiger partial charge < -0.3 is 15.5 Å². The lowest BCUT2D eigenvalue weighted by atomic mass is 9.89. The number of carbonyl (C=O) groups is 2. The van der Waals surface area contributed by atoms with E-state index in [1.54, 1.807) is 23.6 Å². The summed E-state index contributed by atoms with van der Waals surface area (Å²) in [5, 5.41) is 30.6. The number of hydrogen-bond acceptors (Lipinski definition) is 10. The minimum atomic E-state index is -4.13. The number of benzene rings is 1. The lowest BCUT2D eigenvalue weighted by molar-refractivity contribution is 0.101. The van der Waals surface area contributed by atoms with Crippen molar-refractivity contribution in [2.45, 2.75) is 37.5 Å². The quantitative estimate of drug-likeness (QED) is 0.277. The fourth-order valence-electron chi connectivity index (χ4n) is 5.28. The lowest BCUT2D eigenvalue weighted by Crippen LogP contribution is -2.39. The van der Waals surface area contributed by atoms with Crippen molar-refractivity contribution in [2.24, 2.45) is 11.1 Å². The summed E-state index contributed by atoms with van der Waals surface area (Å²) in [7, 11) is -4.13. The number of ketones is 1. The van der Waals surface area contributed by atoms with Crippen molar-refractivity contribution in [2.75, 3.05) is 18.5 Å². The molecule has 0 spiro atoms. The Morgan fingerprint density at radius 1 is 1.27 bits per heavy atom. The van der Waals surface area contributed by atoms with Crippen LogP contribution in [0.1, 0.15) is 50.8 Å². The average molecular weight is 608 g/mol. The molecule has 1 amide bonds. The van der Waals surface area contributed by atoms with Crippen molar-refractivity contribution in [3.05, 3.63) is 74.3 Å². The summed E-state index contributed by atoms with van der Waals surface area (Å²) in [6.45, 7) is 0.0550. The maximum atomic E-state index is 13.6. The molecule has 3 aromatic rings. The molecule has 1 saturated carbocycles. The number of halogens is 1. The van der Waals surface area contributed by atoms with E-state index in [0.29, 0.717) is 34.8 Å². The largest absolute Gasteiger partial charge is 0.465 e. The van der Waals surface area contributed by atoms with Crippen LogP contribution < -0.4 is 10.5 Å². The number of anilines is 1. The highest BCUT2D eigenvalue weighted by molar-refractivity contribution is 7.84. The third-order valence-electron chi connectivity index (χ3n) is 7.14. The standard InChI is InChI=1S/C25H26ClN5O7S2/c26-16-2-1-13-3-4-31(25(34)35)22(18(13)7-16)15-6-21(39-11-15)23(33)19-9-28-12-29-24(19)30-17-5-14(20(32)8-17)10-38-40(27,36)37/h1-2,6-7,9,11-12,14,17,20,22,32H,3-5,8,10H2,(H,34,35)(H2,27,36,37)(H,28,29,30)/t14-,17-,20+,22+/m1/s1. The van der Waals surface area contributed by atoms with E-state index in [-0.39, 0.29) is 36.2 Å². The van der Waals surface area contributed by atoms with Gasteiger partial charge in [0.1, 0.15) is 12.1 Å². The average Bonchev–Trinajstić information content (AvgIpc) is 3.52. The summed E-state index contributed by atoms with van der Waals surface area (Å²) in [6, 6.07) is 6.20. The van der Waals surface area contributed by atoms with Crippen LogP contribution in [0.4, 0.5) is 10.6 Å². The van der Waals surface area contributed by atoms with Crippen molar-refractivity contribution in [1.82, 2.24) is 14.9 Å². The maximum Gasteiger partial charge on any atom is 0.408 e. The van der Waals surface area contributed by atoms with E-state index >= 15 is 0 Å². The molecule has 1 aliphatic carbocycles. The van der Waals surface area contributed by atoms with Gasteiger partial charge in [-0.15, -0.1) is 11.3 Å². The second kappa shape index (κ2) is 11.4. The second-order valence-corrected chi connectivity index (χ2v) is 12.3. The molecule has 40 heavy (non-hydrogen) atoms. The summed E-state index contributed by atoms with van der Waals surface area (Å²) in [4.78, 5) is 35.6. The first kappa shape index (κ1) is 28.4. The number of aliphatic hydroxyl groups is 1. The highest BCUT2D eigenvalue weighted by Gasteiger charge is 2.36. The van der Waals surface area contributed by atoms with Gasteiger partial charge in [0.2, 0.25) is 5.78 Å². The fourth-order valence-corrected chi connectivity index (χ4v) is 6.71. The Morgan fingerprint density at radius 2 is 2.08 bits per heavy atom. The Morgan fingerprint density at radius 3 is 2.83 bits per heavy atom. The monoisotopic (exact) mass is 607 g/mol.